The predicted octanol–water partition coefficient (Wildman–Crippen LogP) is 2.87. The summed E-state index contributed by atoms with van der Waals surface area (Å²) >= 11 is 0. The monoisotopic (exact) mass is 121 g/mol. The van der Waals surface area contributed by atoms with E-state index in [1.807, 2.05) is 6.08 Å². The summed E-state index contributed by atoms with van der Waals surface area (Å²) in [4.78, 5) is 0. The maximum Gasteiger partial charge on any atom is -0.0230 e. The van der Waals surface area contributed by atoms with Crippen molar-refractivity contribution < 1.29 is 0 Å². The minimum atomic E-state index is 1.21. The predicted molar refractivity (Wildman–Crippen MR) is 40.0 cm³/mol. The van der Waals surface area contributed by atoms with Crippen LogP contribution in [0, 0.1) is 6.08 Å². The van der Waals surface area contributed by atoms with Crippen molar-refractivity contribution in [2.24, 2.45) is 0 Å². The van der Waals surface area contributed by atoms with Gasteiger partial charge in [0, 0.05) is 0 Å². The first-order chi connectivity index (χ1) is 4.50. The second-order valence-electron chi connectivity index (χ2n) is 2.41. The molecule has 0 unspecified atom stereocenters. The Hall–Kier alpha value is -0.520. The Morgan fingerprint density at radius 3 is 2.89 bits per heavy atom. The van der Waals surface area contributed by atoms with Gasteiger partial charge in [-0.3, -0.25) is 0 Å². The second kappa shape index (κ2) is 4.37. The van der Waals surface area contributed by atoms with Crippen molar-refractivity contribution in [2.45, 2.75) is 32.1 Å². The molecule has 0 heteroatoms. The molecule has 0 aliphatic heterocycles. The van der Waals surface area contributed by atoms with Crippen LogP contribution in [-0.4, -0.2) is 0 Å². The van der Waals surface area contributed by atoms with Crippen LogP contribution in [0.15, 0.2) is 18.2 Å². The molecule has 0 heterocycles. The molecule has 0 aromatic carbocycles. The largest absolute Gasteiger partial charge is 0.0839 e. The number of rotatable bonds is 0. The summed E-state index contributed by atoms with van der Waals surface area (Å²) in [6.45, 7) is 0. The van der Waals surface area contributed by atoms with Crippen LogP contribution >= 0.6 is 0 Å². The Kier molecular flexibility index (Phi) is 3.20. The molecule has 1 radical (unpaired) electrons. The van der Waals surface area contributed by atoms with Gasteiger partial charge >= 0.3 is 0 Å². The average molecular weight is 121 g/mol. The van der Waals surface area contributed by atoms with Crippen LogP contribution < -0.4 is 0 Å². The molecule has 9 heavy (non-hydrogen) atoms. The van der Waals surface area contributed by atoms with Gasteiger partial charge in [-0.05, 0) is 31.8 Å². The molecule has 0 N–H and O–H groups in total. The molecule has 0 amide bonds. The van der Waals surface area contributed by atoms with E-state index in [0.717, 1.165) is 0 Å². The van der Waals surface area contributed by atoms with Crippen LogP contribution in [0.3, 0.4) is 0 Å². The summed E-state index contributed by atoms with van der Waals surface area (Å²) in [6, 6.07) is 0. The maximum atomic E-state index is 3.12. The molecular formula is C9H13. The normalized spacial score (nSPS) is 27.6. The van der Waals surface area contributed by atoms with Gasteiger partial charge in [0.2, 0.25) is 0 Å². The van der Waals surface area contributed by atoms with E-state index in [1.54, 1.807) is 0 Å². The van der Waals surface area contributed by atoms with E-state index in [9.17, 15) is 0 Å². The van der Waals surface area contributed by atoms with Gasteiger partial charge in [0.15, 0.2) is 0 Å². The molecule has 0 aromatic rings. The van der Waals surface area contributed by atoms with Crippen LogP contribution in [0.4, 0.5) is 0 Å². The summed E-state index contributed by atoms with van der Waals surface area (Å²) in [5, 5.41) is 0. The van der Waals surface area contributed by atoms with E-state index in [4.69, 9.17) is 0 Å². The first kappa shape index (κ1) is 6.60. The number of allylic oxidation sites excluding steroid dienone is 4. The van der Waals surface area contributed by atoms with Crippen LogP contribution in [0.1, 0.15) is 32.1 Å². The molecular weight excluding hydrogens is 108 g/mol. The topological polar surface area (TPSA) is 0 Å². The molecule has 0 atom stereocenters. The van der Waals surface area contributed by atoms with Gasteiger partial charge in [-0.15, -0.1) is 0 Å². The Balaban J connectivity index is 2.28. The third-order valence-corrected chi connectivity index (χ3v) is 1.55. The fourth-order valence-corrected chi connectivity index (χ4v) is 0.988. The molecule has 0 aromatic heterocycles. The third-order valence-electron chi connectivity index (χ3n) is 1.55. The highest BCUT2D eigenvalue weighted by Gasteiger charge is 1.86. The minimum Gasteiger partial charge on any atom is -0.0839 e. The van der Waals surface area contributed by atoms with Crippen LogP contribution in [-0.2, 0) is 0 Å². The fourth-order valence-electron chi connectivity index (χ4n) is 0.988. The fraction of sp³-hybridized carbons (Fsp3) is 0.556. The average Bonchev–Trinajstić information content (AvgIpc) is 2.00. The van der Waals surface area contributed by atoms with Gasteiger partial charge in [-0.1, -0.05) is 24.6 Å². The molecule has 1 aliphatic carbocycles. The van der Waals surface area contributed by atoms with Crippen molar-refractivity contribution in [1.82, 2.24) is 0 Å². The van der Waals surface area contributed by atoms with Gasteiger partial charge in [0.1, 0.15) is 0 Å². The molecule has 49 valence electrons. The van der Waals surface area contributed by atoms with E-state index in [-0.39, 0.29) is 0 Å². The van der Waals surface area contributed by atoms with Gasteiger partial charge < -0.3 is 0 Å². The lowest BCUT2D eigenvalue weighted by Gasteiger charge is -1.91. The lowest BCUT2D eigenvalue weighted by atomic mass is 10.1. The Morgan fingerprint density at radius 1 is 1.00 bits per heavy atom. The van der Waals surface area contributed by atoms with E-state index in [2.05, 4.69) is 18.2 Å². The standard InChI is InChI=1S/C9H13/c1-2-4-6-8-9-7-5-3-1/h1-2,6H,3,5,7-9H2/b2-1-,6-4?. The molecule has 0 nitrogen and oxygen atoms in total. The highest BCUT2D eigenvalue weighted by Crippen LogP contribution is 2.05. The highest BCUT2D eigenvalue weighted by atomic mass is 13.9. The van der Waals surface area contributed by atoms with E-state index in [0.29, 0.717) is 0 Å². The van der Waals surface area contributed by atoms with Gasteiger partial charge in [0.05, 0.1) is 0 Å². The molecule has 0 saturated carbocycles. The molecule has 0 fully saturated rings. The van der Waals surface area contributed by atoms with Crippen molar-refractivity contribution >= 4 is 0 Å². The van der Waals surface area contributed by atoms with Crippen molar-refractivity contribution in [3.8, 4) is 0 Å². The second-order valence-corrected chi connectivity index (χ2v) is 2.41. The smallest absolute Gasteiger partial charge is 0.0230 e. The molecule has 1 aliphatic rings. The Labute approximate surface area is 57.3 Å². The first-order valence-electron chi connectivity index (χ1n) is 3.73. The summed E-state index contributed by atoms with van der Waals surface area (Å²) in [6.07, 6.45) is 16.0. The first-order valence-corrected chi connectivity index (χ1v) is 3.73. The quantitative estimate of drug-likeness (QED) is 0.462. The SMILES string of the molecule is [C]1=C/CCCCC\C=C/1. The lowest BCUT2D eigenvalue weighted by Crippen LogP contribution is -1.72. The van der Waals surface area contributed by atoms with Crippen molar-refractivity contribution in [2.75, 3.05) is 0 Å². The number of hydrogen-bond acceptors (Lipinski definition) is 0. The summed E-state index contributed by atoms with van der Waals surface area (Å²) < 4.78 is 0. The van der Waals surface area contributed by atoms with Gasteiger partial charge in [0.25, 0.3) is 0 Å². The maximum absolute atomic E-state index is 3.12. The molecule has 0 saturated heterocycles. The van der Waals surface area contributed by atoms with E-state index >= 15 is 0 Å². The van der Waals surface area contributed by atoms with E-state index < -0.39 is 0 Å². The van der Waals surface area contributed by atoms with E-state index in [1.165, 1.54) is 32.1 Å². The third kappa shape index (κ3) is 3.12. The van der Waals surface area contributed by atoms with Crippen molar-refractivity contribution in [3.63, 3.8) is 0 Å². The van der Waals surface area contributed by atoms with Gasteiger partial charge in [-0.2, -0.15) is 0 Å². The van der Waals surface area contributed by atoms with Crippen LogP contribution in [0.5, 0.6) is 0 Å². The summed E-state index contributed by atoms with van der Waals surface area (Å²) in [5.74, 6) is 0. The van der Waals surface area contributed by atoms with Crippen LogP contribution in [0.25, 0.3) is 0 Å². The van der Waals surface area contributed by atoms with Crippen molar-refractivity contribution in [1.29, 1.82) is 0 Å². The zero-order chi connectivity index (χ0) is 6.36. The molecule has 0 spiro atoms. The Bertz CT molecular complexity index is 95.2. The summed E-state index contributed by atoms with van der Waals surface area (Å²) in [5.41, 5.74) is 0. The Morgan fingerprint density at radius 2 is 1.89 bits per heavy atom. The minimum absolute atomic E-state index is 1.21. The number of hydrogen-bond donors (Lipinski definition) is 0. The highest BCUT2D eigenvalue weighted by molar-refractivity contribution is 4.95. The lowest BCUT2D eigenvalue weighted by molar-refractivity contribution is 0.698. The molecule has 0 bridgehead atoms. The van der Waals surface area contributed by atoms with Gasteiger partial charge in [-0.25, -0.2) is 0 Å². The summed E-state index contributed by atoms with van der Waals surface area (Å²) in [7, 11) is 0. The molecule has 1 rings (SSSR count). The van der Waals surface area contributed by atoms with Crippen LogP contribution in [0.2, 0.25) is 0 Å². The van der Waals surface area contributed by atoms with Crippen molar-refractivity contribution in [3.05, 3.63) is 24.3 Å². The zero-order valence-corrected chi connectivity index (χ0v) is 5.77. The zero-order valence-electron chi connectivity index (χ0n) is 5.77.